The van der Waals surface area contributed by atoms with Gasteiger partial charge >= 0.3 is 0 Å². The molecule has 2 aromatic rings. The number of fused-ring (bicyclic) bond motifs is 1. The van der Waals surface area contributed by atoms with E-state index in [1.165, 1.54) is 0 Å². The highest BCUT2D eigenvalue weighted by Gasteiger charge is 2.21. The van der Waals surface area contributed by atoms with Crippen LogP contribution >= 0.6 is 0 Å². The van der Waals surface area contributed by atoms with E-state index in [1.807, 2.05) is 42.5 Å². The van der Waals surface area contributed by atoms with E-state index in [9.17, 15) is 9.90 Å². The zero-order valence-corrected chi connectivity index (χ0v) is 14.8. The van der Waals surface area contributed by atoms with Crippen LogP contribution < -0.4 is 10.1 Å². The summed E-state index contributed by atoms with van der Waals surface area (Å²) >= 11 is 0. The van der Waals surface area contributed by atoms with Crippen LogP contribution in [-0.4, -0.2) is 17.6 Å². The summed E-state index contributed by atoms with van der Waals surface area (Å²) in [6.45, 7) is 4.16. The highest BCUT2D eigenvalue weighted by molar-refractivity contribution is 5.92. The number of amides is 1. The van der Waals surface area contributed by atoms with Gasteiger partial charge in [-0.05, 0) is 54.0 Å². The molecular formula is C21H25NO3. The molecule has 3 rings (SSSR count). The Morgan fingerprint density at radius 2 is 2.04 bits per heavy atom. The van der Waals surface area contributed by atoms with Crippen molar-refractivity contribution in [1.29, 1.82) is 0 Å². The van der Waals surface area contributed by atoms with Crippen LogP contribution in [0, 0.1) is 0 Å². The zero-order chi connectivity index (χ0) is 17.8. The molecule has 132 valence electrons. The summed E-state index contributed by atoms with van der Waals surface area (Å²) in [4.78, 5) is 12.3. The third-order valence-electron chi connectivity index (χ3n) is 4.65. The zero-order valence-electron chi connectivity index (χ0n) is 14.8. The molecule has 1 aliphatic carbocycles. The van der Waals surface area contributed by atoms with Gasteiger partial charge in [-0.25, -0.2) is 0 Å². The van der Waals surface area contributed by atoms with Crippen molar-refractivity contribution >= 4 is 11.6 Å². The molecule has 0 spiro atoms. The first-order valence-electron chi connectivity index (χ1n) is 8.87. The molecule has 2 N–H and O–H groups in total. The van der Waals surface area contributed by atoms with Gasteiger partial charge in [-0.2, -0.15) is 0 Å². The van der Waals surface area contributed by atoms with Crippen molar-refractivity contribution in [3.63, 3.8) is 0 Å². The lowest BCUT2D eigenvalue weighted by Crippen LogP contribution is -2.22. The summed E-state index contributed by atoms with van der Waals surface area (Å²) in [5.74, 6) is 0.852. The monoisotopic (exact) mass is 339 g/mol. The van der Waals surface area contributed by atoms with Gasteiger partial charge in [0, 0.05) is 5.69 Å². The highest BCUT2D eigenvalue weighted by atomic mass is 16.5. The Morgan fingerprint density at radius 1 is 1.24 bits per heavy atom. The predicted octanol–water partition coefficient (Wildman–Crippen LogP) is 4.20. The first-order valence-corrected chi connectivity index (χ1v) is 8.87. The summed E-state index contributed by atoms with van der Waals surface area (Å²) in [5, 5.41) is 13.0. The molecule has 0 saturated heterocycles. The Balaban J connectivity index is 1.67. The number of hydrogen-bond acceptors (Lipinski definition) is 3. The van der Waals surface area contributed by atoms with Crippen molar-refractivity contribution < 1.29 is 14.6 Å². The summed E-state index contributed by atoms with van der Waals surface area (Å²) in [5.41, 5.74) is 3.89. The number of carbonyl (C=O) groups excluding carboxylic acids is 1. The van der Waals surface area contributed by atoms with Crippen LogP contribution in [0.3, 0.4) is 0 Å². The second-order valence-electron chi connectivity index (χ2n) is 6.81. The summed E-state index contributed by atoms with van der Waals surface area (Å²) < 4.78 is 5.76. The Hall–Kier alpha value is -2.33. The van der Waals surface area contributed by atoms with E-state index in [0.29, 0.717) is 11.7 Å². The van der Waals surface area contributed by atoms with Gasteiger partial charge in [0.15, 0.2) is 6.61 Å². The van der Waals surface area contributed by atoms with Crippen molar-refractivity contribution in [3.8, 4) is 5.75 Å². The van der Waals surface area contributed by atoms with Gasteiger partial charge in [-0.3, -0.25) is 4.79 Å². The highest BCUT2D eigenvalue weighted by Crippen LogP contribution is 2.35. The smallest absolute Gasteiger partial charge is 0.262 e. The van der Waals surface area contributed by atoms with Crippen molar-refractivity contribution in [2.45, 2.75) is 45.1 Å². The minimum Gasteiger partial charge on any atom is -0.483 e. The second-order valence-corrected chi connectivity index (χ2v) is 6.81. The maximum absolute atomic E-state index is 12.3. The van der Waals surface area contributed by atoms with Crippen LogP contribution in [0.5, 0.6) is 5.75 Å². The Bertz CT molecular complexity index is 755. The molecule has 0 heterocycles. The second kappa shape index (κ2) is 7.70. The first-order chi connectivity index (χ1) is 12.1. The fraction of sp³-hybridized carbons (Fsp3) is 0.381. The van der Waals surface area contributed by atoms with E-state index in [4.69, 9.17) is 4.74 Å². The first kappa shape index (κ1) is 17.5. The summed E-state index contributed by atoms with van der Waals surface area (Å²) in [6, 6.07) is 13.5. The molecule has 1 aliphatic rings. The Labute approximate surface area is 148 Å². The third kappa shape index (κ3) is 4.02. The maximum Gasteiger partial charge on any atom is 0.262 e. The fourth-order valence-corrected chi connectivity index (χ4v) is 3.37. The molecule has 2 aromatic carbocycles. The number of rotatable bonds is 5. The van der Waals surface area contributed by atoms with Gasteiger partial charge in [0.25, 0.3) is 5.91 Å². The summed E-state index contributed by atoms with van der Waals surface area (Å²) in [7, 11) is 0. The summed E-state index contributed by atoms with van der Waals surface area (Å²) in [6.07, 6.45) is 2.16. The number of anilines is 1. The maximum atomic E-state index is 12.3. The molecule has 25 heavy (non-hydrogen) atoms. The number of ether oxygens (including phenoxy) is 1. The van der Waals surface area contributed by atoms with Gasteiger partial charge in [-0.1, -0.05) is 44.2 Å². The standard InChI is InChI=1S/C21H25NO3/c1-14(2)15-7-3-4-10-18(15)22-21(24)13-25-20-12-6-8-16-17(20)9-5-11-19(16)23/h3-4,6-8,10,12,14,19,23H,5,9,11,13H2,1-2H3,(H,22,24). The lowest BCUT2D eigenvalue weighted by atomic mass is 9.89. The molecule has 0 aliphatic heterocycles. The number of aliphatic hydroxyl groups is 1. The van der Waals surface area contributed by atoms with Gasteiger partial charge < -0.3 is 15.2 Å². The van der Waals surface area contributed by atoms with Gasteiger partial charge in [0.1, 0.15) is 5.75 Å². The Kier molecular flexibility index (Phi) is 5.39. The van der Waals surface area contributed by atoms with Crippen molar-refractivity contribution in [1.82, 2.24) is 0 Å². The van der Waals surface area contributed by atoms with Crippen LogP contribution in [0.2, 0.25) is 0 Å². The molecule has 4 heteroatoms. The normalized spacial score (nSPS) is 16.4. The molecule has 0 fully saturated rings. The van der Waals surface area contributed by atoms with E-state index in [1.54, 1.807) is 0 Å². The number of aliphatic hydroxyl groups excluding tert-OH is 1. The van der Waals surface area contributed by atoms with Crippen molar-refractivity contribution in [3.05, 3.63) is 59.2 Å². The number of benzene rings is 2. The molecule has 4 nitrogen and oxygen atoms in total. The third-order valence-corrected chi connectivity index (χ3v) is 4.65. The molecule has 0 radical (unpaired) electrons. The van der Waals surface area contributed by atoms with Gasteiger partial charge in [0.05, 0.1) is 6.10 Å². The molecule has 0 saturated carbocycles. The van der Waals surface area contributed by atoms with E-state index in [-0.39, 0.29) is 12.5 Å². The van der Waals surface area contributed by atoms with E-state index in [2.05, 4.69) is 19.2 Å². The van der Waals surface area contributed by atoms with Crippen LogP contribution in [0.25, 0.3) is 0 Å². The number of nitrogens with one attached hydrogen (secondary N) is 1. The largest absolute Gasteiger partial charge is 0.483 e. The van der Waals surface area contributed by atoms with Crippen LogP contribution in [0.4, 0.5) is 5.69 Å². The molecular weight excluding hydrogens is 314 g/mol. The Morgan fingerprint density at radius 3 is 2.84 bits per heavy atom. The average Bonchev–Trinajstić information content (AvgIpc) is 2.60. The van der Waals surface area contributed by atoms with Crippen LogP contribution in [0.1, 0.15) is 55.4 Å². The SMILES string of the molecule is CC(C)c1ccccc1NC(=O)COc1cccc2c1CCCC2O. The molecule has 0 bridgehead atoms. The lowest BCUT2D eigenvalue weighted by molar-refractivity contribution is -0.118. The lowest BCUT2D eigenvalue weighted by Gasteiger charge is -2.23. The van der Waals surface area contributed by atoms with E-state index >= 15 is 0 Å². The van der Waals surface area contributed by atoms with E-state index < -0.39 is 6.10 Å². The van der Waals surface area contributed by atoms with Gasteiger partial charge in [-0.15, -0.1) is 0 Å². The molecule has 0 aromatic heterocycles. The van der Waals surface area contributed by atoms with Crippen LogP contribution in [-0.2, 0) is 11.2 Å². The van der Waals surface area contributed by atoms with Crippen molar-refractivity contribution in [2.24, 2.45) is 0 Å². The predicted molar refractivity (Wildman–Crippen MR) is 99.0 cm³/mol. The molecule has 1 atom stereocenters. The number of hydrogen-bond donors (Lipinski definition) is 2. The quantitative estimate of drug-likeness (QED) is 0.858. The van der Waals surface area contributed by atoms with E-state index in [0.717, 1.165) is 41.6 Å². The average molecular weight is 339 g/mol. The van der Waals surface area contributed by atoms with Crippen molar-refractivity contribution in [2.75, 3.05) is 11.9 Å². The number of para-hydroxylation sites is 1. The topological polar surface area (TPSA) is 58.6 Å². The van der Waals surface area contributed by atoms with Gasteiger partial charge in [0.2, 0.25) is 0 Å². The number of carbonyl (C=O) groups is 1. The fourth-order valence-electron chi connectivity index (χ4n) is 3.37. The minimum absolute atomic E-state index is 0.0427. The molecule has 1 unspecified atom stereocenters. The minimum atomic E-state index is -0.431. The van der Waals surface area contributed by atoms with Crippen LogP contribution in [0.15, 0.2) is 42.5 Å². The molecule has 1 amide bonds.